The molecule has 0 fully saturated rings. The molecule has 130 valence electrons. The topological polar surface area (TPSA) is 71.0 Å². The monoisotopic (exact) mass is 345 g/mol. The van der Waals surface area contributed by atoms with Crippen LogP contribution in [-0.2, 0) is 11.2 Å². The van der Waals surface area contributed by atoms with Crippen molar-refractivity contribution in [2.24, 2.45) is 0 Å². The molecule has 6 heteroatoms. The van der Waals surface area contributed by atoms with Crippen LogP contribution in [0.1, 0.15) is 17.7 Å². The number of rotatable bonds is 3. The number of amides is 1. The highest BCUT2D eigenvalue weighted by Gasteiger charge is 2.20. The molecule has 1 amide bonds. The fourth-order valence-corrected chi connectivity index (χ4v) is 3.14. The van der Waals surface area contributed by atoms with Crippen molar-refractivity contribution in [2.45, 2.75) is 19.8 Å². The Balaban J connectivity index is 1.64. The van der Waals surface area contributed by atoms with Gasteiger partial charge in [0, 0.05) is 54.6 Å². The lowest BCUT2D eigenvalue weighted by Gasteiger charge is -2.26. The number of benzene rings is 1. The van der Waals surface area contributed by atoms with E-state index in [1.54, 1.807) is 17.3 Å². The smallest absolute Gasteiger partial charge is 0.227 e. The zero-order chi connectivity index (χ0) is 18.1. The normalized spacial score (nSPS) is 13.5. The van der Waals surface area contributed by atoms with Crippen LogP contribution in [0.2, 0.25) is 0 Å². The lowest BCUT2D eigenvalue weighted by molar-refractivity contribution is -0.118. The molecule has 0 spiro atoms. The minimum atomic E-state index is 0.158. The van der Waals surface area contributed by atoms with Crippen LogP contribution in [0.25, 0.3) is 11.4 Å². The van der Waals surface area contributed by atoms with Crippen LogP contribution < -0.4 is 10.2 Å². The molecule has 0 unspecified atom stereocenters. The average Bonchev–Trinajstić information content (AvgIpc) is 2.65. The molecule has 0 bridgehead atoms. The molecular formula is C20H19N5O. The summed E-state index contributed by atoms with van der Waals surface area (Å²) >= 11 is 0. The molecule has 0 saturated carbocycles. The average molecular weight is 345 g/mol. The number of hydrogen-bond donors (Lipinski definition) is 1. The molecule has 2 aromatic heterocycles. The summed E-state index contributed by atoms with van der Waals surface area (Å²) in [4.78, 5) is 26.8. The number of carbonyl (C=O) groups is 1. The lowest BCUT2D eigenvalue weighted by Crippen LogP contribution is -2.31. The van der Waals surface area contributed by atoms with E-state index in [4.69, 9.17) is 0 Å². The number of hydrogen-bond acceptors (Lipinski definition) is 5. The summed E-state index contributed by atoms with van der Waals surface area (Å²) in [5.74, 6) is 1.53. The van der Waals surface area contributed by atoms with Crippen molar-refractivity contribution in [2.75, 3.05) is 17.3 Å². The van der Waals surface area contributed by atoms with Gasteiger partial charge in [-0.2, -0.15) is 0 Å². The van der Waals surface area contributed by atoms with Gasteiger partial charge in [0.25, 0.3) is 0 Å². The van der Waals surface area contributed by atoms with E-state index in [0.717, 1.165) is 40.4 Å². The van der Waals surface area contributed by atoms with Crippen molar-refractivity contribution in [1.82, 2.24) is 15.0 Å². The van der Waals surface area contributed by atoms with Gasteiger partial charge in [0.05, 0.1) is 0 Å². The highest BCUT2D eigenvalue weighted by atomic mass is 16.2. The van der Waals surface area contributed by atoms with Crippen molar-refractivity contribution >= 4 is 23.1 Å². The molecule has 0 atom stereocenters. The molecule has 1 aliphatic heterocycles. The van der Waals surface area contributed by atoms with E-state index in [1.165, 1.54) is 0 Å². The Morgan fingerprint density at radius 1 is 1.12 bits per heavy atom. The van der Waals surface area contributed by atoms with Gasteiger partial charge in [-0.25, -0.2) is 9.97 Å². The van der Waals surface area contributed by atoms with Crippen LogP contribution in [-0.4, -0.2) is 27.9 Å². The highest BCUT2D eigenvalue weighted by Crippen LogP contribution is 2.30. The van der Waals surface area contributed by atoms with E-state index in [2.05, 4.69) is 26.3 Å². The standard InChI is InChI=1S/C20H19N5O/c1-13-10-18(24-20(22-13)15-4-3-9-21-12-15)23-16-6-7-17-14(11-16)5-8-19(26)25(17)2/h3-4,6-7,9-12H,5,8H2,1-2H3,(H,22,23,24). The molecule has 1 aliphatic rings. The van der Waals surface area contributed by atoms with Crippen LogP contribution in [0.15, 0.2) is 48.8 Å². The largest absolute Gasteiger partial charge is 0.340 e. The molecular weight excluding hydrogens is 326 g/mol. The Hall–Kier alpha value is -3.28. The second kappa shape index (κ2) is 6.55. The summed E-state index contributed by atoms with van der Waals surface area (Å²) in [6.07, 6.45) is 4.79. The number of nitrogens with one attached hydrogen (secondary N) is 1. The van der Waals surface area contributed by atoms with Gasteiger partial charge in [-0.05, 0) is 49.2 Å². The van der Waals surface area contributed by atoms with E-state index >= 15 is 0 Å². The Labute approximate surface area is 151 Å². The number of anilines is 3. The summed E-state index contributed by atoms with van der Waals surface area (Å²) < 4.78 is 0. The van der Waals surface area contributed by atoms with Crippen molar-refractivity contribution in [1.29, 1.82) is 0 Å². The fourth-order valence-electron chi connectivity index (χ4n) is 3.14. The first-order chi connectivity index (χ1) is 12.6. The summed E-state index contributed by atoms with van der Waals surface area (Å²) in [6, 6.07) is 11.8. The lowest BCUT2D eigenvalue weighted by atomic mass is 10.0. The summed E-state index contributed by atoms with van der Waals surface area (Å²) in [5.41, 5.74) is 4.84. The maximum Gasteiger partial charge on any atom is 0.227 e. The van der Waals surface area contributed by atoms with Gasteiger partial charge in [0.1, 0.15) is 5.82 Å². The highest BCUT2D eigenvalue weighted by molar-refractivity contribution is 5.96. The Morgan fingerprint density at radius 3 is 2.81 bits per heavy atom. The van der Waals surface area contributed by atoms with Crippen molar-refractivity contribution in [3.63, 3.8) is 0 Å². The second-order valence-electron chi connectivity index (χ2n) is 6.38. The molecule has 0 radical (unpaired) electrons. The first kappa shape index (κ1) is 16.2. The minimum Gasteiger partial charge on any atom is -0.340 e. The van der Waals surface area contributed by atoms with E-state index in [-0.39, 0.29) is 5.91 Å². The first-order valence-corrected chi connectivity index (χ1v) is 8.53. The Morgan fingerprint density at radius 2 is 2.00 bits per heavy atom. The third-order valence-electron chi connectivity index (χ3n) is 4.47. The number of aromatic nitrogens is 3. The van der Waals surface area contributed by atoms with Gasteiger partial charge in [0.15, 0.2) is 5.82 Å². The molecule has 3 aromatic rings. The number of pyridine rings is 1. The Kier molecular flexibility index (Phi) is 4.08. The van der Waals surface area contributed by atoms with Crippen molar-refractivity contribution in [3.8, 4) is 11.4 Å². The fraction of sp³-hybridized carbons (Fsp3) is 0.200. The third-order valence-corrected chi connectivity index (χ3v) is 4.47. The Bertz CT molecular complexity index is 971. The second-order valence-corrected chi connectivity index (χ2v) is 6.38. The van der Waals surface area contributed by atoms with Gasteiger partial charge in [-0.3, -0.25) is 9.78 Å². The molecule has 0 aliphatic carbocycles. The van der Waals surface area contributed by atoms with Gasteiger partial charge in [-0.1, -0.05) is 0 Å². The molecule has 4 rings (SSSR count). The first-order valence-electron chi connectivity index (χ1n) is 8.53. The van der Waals surface area contributed by atoms with E-state index in [9.17, 15) is 4.79 Å². The quantitative estimate of drug-likeness (QED) is 0.787. The number of nitrogens with zero attached hydrogens (tertiary/aromatic N) is 4. The predicted molar refractivity (Wildman–Crippen MR) is 101 cm³/mol. The molecule has 6 nitrogen and oxygen atoms in total. The SMILES string of the molecule is Cc1cc(Nc2ccc3c(c2)CCC(=O)N3C)nc(-c2cccnc2)n1. The molecule has 26 heavy (non-hydrogen) atoms. The van der Waals surface area contributed by atoms with Gasteiger partial charge >= 0.3 is 0 Å². The zero-order valence-corrected chi connectivity index (χ0v) is 14.7. The van der Waals surface area contributed by atoms with Crippen LogP contribution in [0.4, 0.5) is 17.2 Å². The maximum atomic E-state index is 11.8. The maximum absolute atomic E-state index is 11.8. The van der Waals surface area contributed by atoms with E-state index < -0.39 is 0 Å². The summed E-state index contributed by atoms with van der Waals surface area (Å²) in [6.45, 7) is 1.94. The summed E-state index contributed by atoms with van der Waals surface area (Å²) in [7, 11) is 1.82. The van der Waals surface area contributed by atoms with Crippen LogP contribution in [0.5, 0.6) is 0 Å². The predicted octanol–water partition coefficient (Wildman–Crippen LogP) is 3.50. The van der Waals surface area contributed by atoms with Crippen LogP contribution in [0, 0.1) is 6.92 Å². The number of aryl methyl sites for hydroxylation is 2. The minimum absolute atomic E-state index is 0.158. The molecule has 1 aromatic carbocycles. The van der Waals surface area contributed by atoms with Crippen molar-refractivity contribution in [3.05, 3.63) is 60.0 Å². The van der Waals surface area contributed by atoms with Crippen molar-refractivity contribution < 1.29 is 4.79 Å². The van der Waals surface area contributed by atoms with Gasteiger partial charge in [0.2, 0.25) is 5.91 Å². The van der Waals surface area contributed by atoms with Crippen LogP contribution >= 0.6 is 0 Å². The molecule has 3 heterocycles. The number of carbonyl (C=O) groups excluding carboxylic acids is 1. The van der Waals surface area contributed by atoms with Gasteiger partial charge in [-0.15, -0.1) is 0 Å². The van der Waals surface area contributed by atoms with E-state index in [0.29, 0.717) is 12.2 Å². The molecule has 0 saturated heterocycles. The molecule has 1 N–H and O–H groups in total. The zero-order valence-electron chi connectivity index (χ0n) is 14.7. The van der Waals surface area contributed by atoms with Crippen LogP contribution in [0.3, 0.4) is 0 Å². The third kappa shape index (κ3) is 3.13. The van der Waals surface area contributed by atoms with E-state index in [1.807, 2.05) is 44.3 Å². The van der Waals surface area contributed by atoms with Gasteiger partial charge < -0.3 is 10.2 Å². The number of fused-ring (bicyclic) bond motifs is 1. The summed E-state index contributed by atoms with van der Waals surface area (Å²) in [5, 5.41) is 3.36.